The lowest BCUT2D eigenvalue weighted by atomic mass is 9.88. The van der Waals surface area contributed by atoms with E-state index in [1.54, 1.807) is 43.5 Å². The minimum atomic E-state index is -0.347. The molecule has 1 heterocycles. The number of hydrogen-bond donors (Lipinski definition) is 1. The molecule has 2 unspecified atom stereocenters. The Balaban J connectivity index is 1.63. The maximum absolute atomic E-state index is 13.7. The lowest BCUT2D eigenvalue weighted by Crippen LogP contribution is -2.49. The summed E-state index contributed by atoms with van der Waals surface area (Å²) in [6, 6.07) is 17.9. The number of fused-ring (bicyclic) bond motifs is 1. The van der Waals surface area contributed by atoms with Gasteiger partial charge in [0, 0.05) is 23.7 Å². The fraction of sp³-hybridized carbons (Fsp3) is 0.310. The van der Waals surface area contributed by atoms with Gasteiger partial charge in [-0.25, -0.2) is 0 Å². The molecule has 194 valence electrons. The molecular weight excluding hydrogens is 472 g/mol. The van der Waals surface area contributed by atoms with E-state index >= 15 is 0 Å². The summed E-state index contributed by atoms with van der Waals surface area (Å²) in [5, 5.41) is 3.02. The predicted octanol–water partition coefficient (Wildman–Crippen LogP) is 4.28. The molecule has 3 aromatic rings. The smallest absolute Gasteiger partial charge is 0.254 e. The van der Waals surface area contributed by atoms with E-state index in [9.17, 15) is 9.59 Å². The second kappa shape index (κ2) is 11.2. The molecule has 0 spiro atoms. The van der Waals surface area contributed by atoms with Crippen LogP contribution in [0.1, 0.15) is 44.8 Å². The highest BCUT2D eigenvalue weighted by Crippen LogP contribution is 2.38. The number of hydrogen-bond acceptors (Lipinski definition) is 6. The number of benzene rings is 3. The number of amides is 2. The molecule has 0 radical (unpaired) electrons. The standard InChI is InChI=1S/C29H32N2O6/c1-18-14-20-8-6-7-9-23(20)24(31(18)29(33)19-10-12-22(34-2)13-11-19)17-30-28(32)21-15-25(35-3)27(37-5)26(16-21)36-4/h6-13,15-16,18,24H,14,17H2,1-5H3,(H,30,32). The third kappa shape index (κ3) is 5.18. The van der Waals surface area contributed by atoms with Gasteiger partial charge in [0.1, 0.15) is 5.75 Å². The monoisotopic (exact) mass is 504 g/mol. The van der Waals surface area contributed by atoms with E-state index in [-0.39, 0.29) is 30.4 Å². The van der Waals surface area contributed by atoms with Crippen molar-refractivity contribution in [2.45, 2.75) is 25.4 Å². The Morgan fingerprint density at radius 1 is 0.865 bits per heavy atom. The third-order valence-electron chi connectivity index (χ3n) is 6.69. The van der Waals surface area contributed by atoms with Crippen molar-refractivity contribution in [1.29, 1.82) is 0 Å². The van der Waals surface area contributed by atoms with Gasteiger partial charge in [-0.15, -0.1) is 0 Å². The Bertz CT molecular complexity index is 1250. The molecule has 2 atom stereocenters. The van der Waals surface area contributed by atoms with Crippen LogP contribution in [0.4, 0.5) is 0 Å². The van der Waals surface area contributed by atoms with Gasteiger partial charge in [0.15, 0.2) is 11.5 Å². The normalized spacial score (nSPS) is 16.4. The third-order valence-corrected chi connectivity index (χ3v) is 6.69. The second-order valence-corrected chi connectivity index (χ2v) is 8.83. The number of carbonyl (C=O) groups is 2. The van der Waals surface area contributed by atoms with Gasteiger partial charge in [-0.1, -0.05) is 24.3 Å². The average molecular weight is 505 g/mol. The quantitative estimate of drug-likeness (QED) is 0.493. The summed E-state index contributed by atoms with van der Waals surface area (Å²) in [6.07, 6.45) is 0.732. The van der Waals surface area contributed by atoms with Crippen molar-refractivity contribution in [2.24, 2.45) is 0 Å². The fourth-order valence-corrected chi connectivity index (χ4v) is 4.86. The number of ether oxygens (including phenoxy) is 4. The van der Waals surface area contributed by atoms with E-state index in [0.717, 1.165) is 12.0 Å². The zero-order valence-corrected chi connectivity index (χ0v) is 21.7. The molecule has 2 amide bonds. The first-order valence-corrected chi connectivity index (χ1v) is 12.0. The van der Waals surface area contributed by atoms with Crippen LogP contribution in [0.15, 0.2) is 60.7 Å². The topological polar surface area (TPSA) is 86.3 Å². The second-order valence-electron chi connectivity index (χ2n) is 8.83. The van der Waals surface area contributed by atoms with Crippen molar-refractivity contribution in [2.75, 3.05) is 35.0 Å². The van der Waals surface area contributed by atoms with E-state index in [2.05, 4.69) is 11.4 Å². The molecule has 4 rings (SSSR count). The maximum Gasteiger partial charge on any atom is 0.254 e. The molecule has 0 aromatic heterocycles. The first-order valence-electron chi connectivity index (χ1n) is 12.0. The van der Waals surface area contributed by atoms with Gasteiger partial charge in [0.25, 0.3) is 11.8 Å². The highest BCUT2D eigenvalue weighted by Gasteiger charge is 2.36. The van der Waals surface area contributed by atoms with Gasteiger partial charge in [-0.2, -0.15) is 0 Å². The van der Waals surface area contributed by atoms with Crippen LogP contribution in [0.25, 0.3) is 0 Å². The Kier molecular flexibility index (Phi) is 7.86. The summed E-state index contributed by atoms with van der Waals surface area (Å²) in [5.41, 5.74) is 3.11. The molecule has 8 heteroatoms. The maximum atomic E-state index is 13.7. The molecule has 0 saturated heterocycles. The van der Waals surface area contributed by atoms with E-state index in [0.29, 0.717) is 34.1 Å². The molecule has 37 heavy (non-hydrogen) atoms. The number of nitrogens with zero attached hydrogens (tertiary/aromatic N) is 1. The molecule has 3 aromatic carbocycles. The minimum absolute atomic E-state index is 0.0624. The number of carbonyl (C=O) groups excluding carboxylic acids is 2. The van der Waals surface area contributed by atoms with Crippen LogP contribution in [0.3, 0.4) is 0 Å². The molecule has 8 nitrogen and oxygen atoms in total. The highest BCUT2D eigenvalue weighted by atomic mass is 16.5. The van der Waals surface area contributed by atoms with Crippen molar-refractivity contribution in [3.05, 3.63) is 82.9 Å². The van der Waals surface area contributed by atoms with Gasteiger partial charge in [0.2, 0.25) is 5.75 Å². The van der Waals surface area contributed by atoms with Crippen molar-refractivity contribution in [3.63, 3.8) is 0 Å². The molecule has 1 aliphatic rings. The van der Waals surface area contributed by atoms with E-state index in [1.807, 2.05) is 30.0 Å². The fourth-order valence-electron chi connectivity index (χ4n) is 4.86. The summed E-state index contributed by atoms with van der Waals surface area (Å²) in [4.78, 5) is 28.8. The van der Waals surface area contributed by atoms with E-state index in [4.69, 9.17) is 18.9 Å². The average Bonchev–Trinajstić information content (AvgIpc) is 2.94. The number of rotatable bonds is 8. The summed E-state index contributed by atoms with van der Waals surface area (Å²) in [7, 11) is 6.10. The lowest BCUT2D eigenvalue weighted by Gasteiger charge is -2.42. The van der Waals surface area contributed by atoms with Crippen LogP contribution >= 0.6 is 0 Å². The molecular formula is C29H32N2O6. The van der Waals surface area contributed by atoms with Crippen molar-refractivity contribution < 1.29 is 28.5 Å². The first kappa shape index (κ1) is 25.9. The van der Waals surface area contributed by atoms with E-state index < -0.39 is 0 Å². The van der Waals surface area contributed by atoms with Crippen LogP contribution in [-0.4, -0.2) is 57.7 Å². The molecule has 1 N–H and O–H groups in total. The van der Waals surface area contributed by atoms with Gasteiger partial charge in [0.05, 0.1) is 34.5 Å². The lowest BCUT2D eigenvalue weighted by molar-refractivity contribution is 0.0547. The summed E-state index contributed by atoms with van der Waals surface area (Å²) < 4.78 is 21.4. The Hall–Kier alpha value is -4.20. The Labute approximate surface area is 217 Å². The zero-order chi connectivity index (χ0) is 26.5. The minimum Gasteiger partial charge on any atom is -0.497 e. The zero-order valence-electron chi connectivity index (χ0n) is 21.7. The summed E-state index contributed by atoms with van der Waals surface area (Å²) in [5.74, 6) is 1.46. The number of nitrogens with one attached hydrogen (secondary N) is 1. The number of methoxy groups -OCH3 is 4. The van der Waals surface area contributed by atoms with Gasteiger partial charge >= 0.3 is 0 Å². The van der Waals surface area contributed by atoms with Crippen LogP contribution < -0.4 is 24.3 Å². The molecule has 0 bridgehead atoms. The van der Waals surface area contributed by atoms with Crippen LogP contribution in [0, 0.1) is 0 Å². The largest absolute Gasteiger partial charge is 0.497 e. The molecule has 0 aliphatic carbocycles. The summed E-state index contributed by atoms with van der Waals surface area (Å²) in [6.45, 7) is 2.27. The molecule has 0 fully saturated rings. The van der Waals surface area contributed by atoms with Crippen molar-refractivity contribution in [1.82, 2.24) is 10.2 Å². The SMILES string of the molecule is COc1ccc(C(=O)N2C(C)Cc3ccccc3C2CNC(=O)c2cc(OC)c(OC)c(OC)c2)cc1. The summed E-state index contributed by atoms with van der Waals surface area (Å²) >= 11 is 0. The van der Waals surface area contributed by atoms with Gasteiger partial charge in [-0.05, 0) is 60.9 Å². The van der Waals surface area contributed by atoms with Crippen molar-refractivity contribution in [3.8, 4) is 23.0 Å². The van der Waals surface area contributed by atoms with E-state index in [1.165, 1.54) is 26.9 Å². The van der Waals surface area contributed by atoms with Gasteiger partial charge in [-0.3, -0.25) is 9.59 Å². The van der Waals surface area contributed by atoms with Crippen molar-refractivity contribution >= 4 is 11.8 Å². The van der Waals surface area contributed by atoms with Crippen LogP contribution in [-0.2, 0) is 6.42 Å². The highest BCUT2D eigenvalue weighted by molar-refractivity contribution is 5.96. The van der Waals surface area contributed by atoms with Crippen LogP contribution in [0.2, 0.25) is 0 Å². The predicted molar refractivity (Wildman–Crippen MR) is 140 cm³/mol. The van der Waals surface area contributed by atoms with Crippen LogP contribution in [0.5, 0.6) is 23.0 Å². The first-order chi connectivity index (χ1) is 17.9. The Morgan fingerprint density at radius 2 is 1.51 bits per heavy atom. The molecule has 0 saturated carbocycles. The van der Waals surface area contributed by atoms with Gasteiger partial charge < -0.3 is 29.2 Å². The molecule has 1 aliphatic heterocycles. The Morgan fingerprint density at radius 3 is 2.11 bits per heavy atom.